The second kappa shape index (κ2) is 5.25. The van der Waals surface area contributed by atoms with Crippen molar-refractivity contribution in [3.63, 3.8) is 0 Å². The average Bonchev–Trinajstić information content (AvgIpc) is 2.78. The minimum atomic E-state index is 0.0196. The van der Waals surface area contributed by atoms with Gasteiger partial charge in [0.05, 0.1) is 13.2 Å². The zero-order chi connectivity index (χ0) is 12.3. The average molecular weight is 253 g/mol. The summed E-state index contributed by atoms with van der Waals surface area (Å²) in [7, 11) is 1.66. The van der Waals surface area contributed by atoms with Gasteiger partial charge in [0.25, 0.3) is 0 Å². The monoisotopic (exact) mass is 253 g/mol. The number of methoxy groups -OCH3 is 1. The maximum Gasteiger partial charge on any atom is 0.142 e. The predicted octanol–water partition coefficient (Wildman–Crippen LogP) is 1.88. The van der Waals surface area contributed by atoms with Gasteiger partial charge in [-0.1, -0.05) is 0 Å². The highest BCUT2D eigenvalue weighted by atomic mass is 32.2. The maximum atomic E-state index is 5.73. The van der Waals surface area contributed by atoms with Crippen molar-refractivity contribution in [1.29, 1.82) is 0 Å². The Morgan fingerprint density at radius 1 is 1.65 bits per heavy atom. The number of hydrogen-bond donors (Lipinski definition) is 2. The molecule has 0 saturated carbocycles. The Labute approximate surface area is 106 Å². The third-order valence-corrected chi connectivity index (χ3v) is 4.91. The second-order valence-electron chi connectivity index (χ2n) is 4.46. The topological polar surface area (TPSA) is 60.2 Å². The van der Waals surface area contributed by atoms with Crippen molar-refractivity contribution >= 4 is 11.8 Å². The highest BCUT2D eigenvalue weighted by Crippen LogP contribution is 2.47. The summed E-state index contributed by atoms with van der Waals surface area (Å²) in [6.07, 6.45) is 4.16. The molecule has 4 nitrogen and oxygen atoms in total. The number of nitrogens with one attached hydrogen (secondary N) is 1. The lowest BCUT2D eigenvalue weighted by Crippen LogP contribution is -2.41. The van der Waals surface area contributed by atoms with Crippen LogP contribution in [0.15, 0.2) is 18.3 Å². The Kier molecular flexibility index (Phi) is 3.91. The van der Waals surface area contributed by atoms with Crippen LogP contribution in [0.25, 0.3) is 0 Å². The molecule has 1 aliphatic rings. The summed E-state index contributed by atoms with van der Waals surface area (Å²) in [5, 5.41) is 0. The Hall–Kier alpha value is -0.780. The van der Waals surface area contributed by atoms with E-state index in [2.05, 4.69) is 17.3 Å². The molecule has 2 unspecified atom stereocenters. The van der Waals surface area contributed by atoms with E-state index < -0.39 is 0 Å². The van der Waals surface area contributed by atoms with Crippen molar-refractivity contribution in [3.05, 3.63) is 24.0 Å². The number of nitrogens with two attached hydrogens (primary N) is 1. The van der Waals surface area contributed by atoms with Gasteiger partial charge in [-0.3, -0.25) is 10.8 Å². The molecule has 0 aliphatic carbocycles. The summed E-state index contributed by atoms with van der Waals surface area (Å²) < 4.78 is 5.46. The van der Waals surface area contributed by atoms with E-state index >= 15 is 0 Å². The molecule has 0 spiro atoms. The first kappa shape index (κ1) is 12.7. The zero-order valence-corrected chi connectivity index (χ0v) is 11.1. The number of aromatic nitrogens is 1. The Morgan fingerprint density at radius 3 is 3.06 bits per heavy atom. The molecule has 0 amide bonds. The van der Waals surface area contributed by atoms with Crippen LogP contribution in [-0.4, -0.2) is 22.6 Å². The van der Waals surface area contributed by atoms with Crippen molar-refractivity contribution in [3.8, 4) is 5.75 Å². The molecule has 0 aromatic carbocycles. The van der Waals surface area contributed by atoms with Crippen LogP contribution in [0.4, 0.5) is 0 Å². The molecule has 94 valence electrons. The lowest BCUT2D eigenvalue weighted by atomic mass is 9.93. The van der Waals surface area contributed by atoms with Gasteiger partial charge in [0.1, 0.15) is 11.4 Å². The molecule has 1 fully saturated rings. The molecule has 5 heteroatoms. The maximum absolute atomic E-state index is 5.73. The minimum Gasteiger partial charge on any atom is -0.495 e. The van der Waals surface area contributed by atoms with E-state index in [1.165, 1.54) is 12.2 Å². The lowest BCUT2D eigenvalue weighted by Gasteiger charge is -2.32. The van der Waals surface area contributed by atoms with E-state index in [0.29, 0.717) is 0 Å². The van der Waals surface area contributed by atoms with E-state index in [1.807, 2.05) is 23.9 Å². The van der Waals surface area contributed by atoms with Crippen LogP contribution in [0.3, 0.4) is 0 Å². The number of ether oxygens (including phenoxy) is 1. The molecule has 0 bridgehead atoms. The Balaban J connectivity index is 2.34. The molecule has 17 heavy (non-hydrogen) atoms. The number of hydrazine groups is 1. The van der Waals surface area contributed by atoms with Crippen molar-refractivity contribution in [2.45, 2.75) is 30.6 Å². The molecule has 1 aromatic rings. The standard InChI is InChI=1S/C12H19N3OS/c1-12(6-4-8-17-12)11(15-13)10-9(16-2)5-3-7-14-10/h3,5,7,11,15H,4,6,8,13H2,1-2H3. The summed E-state index contributed by atoms with van der Waals surface area (Å²) >= 11 is 1.95. The molecule has 1 saturated heterocycles. The van der Waals surface area contributed by atoms with Gasteiger partial charge in [-0.15, -0.1) is 0 Å². The summed E-state index contributed by atoms with van der Waals surface area (Å²) in [4.78, 5) is 4.43. The summed E-state index contributed by atoms with van der Waals surface area (Å²) in [6, 6.07) is 3.82. The first-order chi connectivity index (χ1) is 8.21. The van der Waals surface area contributed by atoms with Crippen LogP contribution < -0.4 is 16.0 Å². The third kappa shape index (κ3) is 2.41. The quantitative estimate of drug-likeness (QED) is 0.634. The van der Waals surface area contributed by atoms with Gasteiger partial charge in [-0.05, 0) is 37.7 Å². The van der Waals surface area contributed by atoms with Crippen LogP contribution >= 0.6 is 11.8 Å². The number of hydrogen-bond acceptors (Lipinski definition) is 5. The van der Waals surface area contributed by atoms with E-state index in [1.54, 1.807) is 13.3 Å². The highest BCUT2D eigenvalue weighted by Gasteiger charge is 2.40. The Bertz CT molecular complexity index is 380. The summed E-state index contributed by atoms with van der Waals surface area (Å²) in [5.41, 5.74) is 3.81. The van der Waals surface area contributed by atoms with Gasteiger partial charge in [0.2, 0.25) is 0 Å². The largest absolute Gasteiger partial charge is 0.495 e. The fraction of sp³-hybridized carbons (Fsp3) is 0.583. The van der Waals surface area contributed by atoms with Gasteiger partial charge in [0, 0.05) is 10.9 Å². The molecule has 0 radical (unpaired) electrons. The SMILES string of the molecule is COc1cccnc1C(NN)C1(C)CCCS1. The molecular weight excluding hydrogens is 234 g/mol. The number of pyridine rings is 1. The van der Waals surface area contributed by atoms with Gasteiger partial charge in [0.15, 0.2) is 0 Å². The van der Waals surface area contributed by atoms with E-state index in [-0.39, 0.29) is 10.8 Å². The Morgan fingerprint density at radius 2 is 2.47 bits per heavy atom. The second-order valence-corrected chi connectivity index (χ2v) is 6.08. The molecule has 1 aromatic heterocycles. The normalized spacial score (nSPS) is 25.8. The zero-order valence-electron chi connectivity index (χ0n) is 10.3. The van der Waals surface area contributed by atoms with Gasteiger partial charge in [-0.2, -0.15) is 11.8 Å². The summed E-state index contributed by atoms with van der Waals surface area (Å²) in [6.45, 7) is 2.24. The van der Waals surface area contributed by atoms with Crippen LogP contribution in [0.2, 0.25) is 0 Å². The van der Waals surface area contributed by atoms with E-state index in [4.69, 9.17) is 10.6 Å². The van der Waals surface area contributed by atoms with Crippen LogP contribution in [0.5, 0.6) is 5.75 Å². The van der Waals surface area contributed by atoms with Crippen molar-refractivity contribution in [2.75, 3.05) is 12.9 Å². The molecule has 2 atom stereocenters. The van der Waals surface area contributed by atoms with Crippen molar-refractivity contribution < 1.29 is 4.74 Å². The highest BCUT2D eigenvalue weighted by molar-refractivity contribution is 8.00. The smallest absolute Gasteiger partial charge is 0.142 e. The first-order valence-corrected chi connectivity index (χ1v) is 6.79. The van der Waals surface area contributed by atoms with Gasteiger partial charge < -0.3 is 4.74 Å². The minimum absolute atomic E-state index is 0.0196. The molecule has 2 rings (SSSR count). The van der Waals surface area contributed by atoms with Crippen LogP contribution in [0.1, 0.15) is 31.5 Å². The van der Waals surface area contributed by atoms with E-state index in [0.717, 1.165) is 17.9 Å². The fourth-order valence-corrected chi connectivity index (χ4v) is 3.75. The molecule has 1 aliphatic heterocycles. The fourth-order valence-electron chi connectivity index (χ4n) is 2.36. The van der Waals surface area contributed by atoms with Crippen LogP contribution in [0, 0.1) is 0 Å². The number of thioether (sulfide) groups is 1. The molecular formula is C12H19N3OS. The van der Waals surface area contributed by atoms with Crippen LogP contribution in [-0.2, 0) is 0 Å². The third-order valence-electron chi connectivity index (χ3n) is 3.32. The number of rotatable bonds is 4. The van der Waals surface area contributed by atoms with Crippen molar-refractivity contribution in [1.82, 2.24) is 10.4 Å². The van der Waals surface area contributed by atoms with Gasteiger partial charge in [-0.25, -0.2) is 5.43 Å². The van der Waals surface area contributed by atoms with Gasteiger partial charge >= 0.3 is 0 Å². The molecule has 2 heterocycles. The number of nitrogens with zero attached hydrogens (tertiary/aromatic N) is 1. The summed E-state index contributed by atoms with van der Waals surface area (Å²) in [5.74, 6) is 7.71. The molecule has 3 N–H and O–H groups in total. The van der Waals surface area contributed by atoms with Crippen molar-refractivity contribution in [2.24, 2.45) is 5.84 Å². The predicted molar refractivity (Wildman–Crippen MR) is 71.0 cm³/mol. The van der Waals surface area contributed by atoms with E-state index in [9.17, 15) is 0 Å². The lowest BCUT2D eigenvalue weighted by molar-refractivity contribution is 0.367. The first-order valence-electron chi connectivity index (χ1n) is 5.80.